The lowest BCUT2D eigenvalue weighted by atomic mass is 9.99. The summed E-state index contributed by atoms with van der Waals surface area (Å²) in [5.41, 5.74) is 5.78. The van der Waals surface area contributed by atoms with E-state index in [1.54, 1.807) is 0 Å². The van der Waals surface area contributed by atoms with Crippen LogP contribution in [-0.2, 0) is 11.2 Å². The summed E-state index contributed by atoms with van der Waals surface area (Å²) in [7, 11) is 0. The van der Waals surface area contributed by atoms with E-state index in [0.29, 0.717) is 22.7 Å². The zero-order valence-corrected chi connectivity index (χ0v) is 19.7. The Balaban J connectivity index is 1.52. The Bertz CT molecular complexity index is 1090. The molecule has 0 unspecified atom stereocenters. The number of amides is 1. The number of fused-ring (bicyclic) bond motifs is 1. The van der Waals surface area contributed by atoms with E-state index in [9.17, 15) is 4.79 Å². The molecule has 31 heavy (non-hydrogen) atoms. The Morgan fingerprint density at radius 1 is 1.16 bits per heavy atom. The lowest BCUT2D eigenvalue weighted by Gasteiger charge is -2.35. The Morgan fingerprint density at radius 3 is 2.74 bits per heavy atom. The molecule has 2 aromatic heterocycles. The smallest absolute Gasteiger partial charge is 0.253 e. The first-order valence-corrected chi connectivity index (χ1v) is 12.2. The maximum absolute atomic E-state index is 12.8. The van der Waals surface area contributed by atoms with E-state index in [4.69, 9.17) is 4.98 Å². The second-order valence-electron chi connectivity index (χ2n) is 8.40. The van der Waals surface area contributed by atoms with Crippen LogP contribution in [0.4, 0.5) is 0 Å². The summed E-state index contributed by atoms with van der Waals surface area (Å²) in [5, 5.41) is 5.28. The molecule has 1 aromatic carbocycles. The molecule has 3 aromatic rings. The van der Waals surface area contributed by atoms with Crippen LogP contribution in [-0.4, -0.2) is 48.7 Å². The molecule has 0 spiro atoms. The quantitative estimate of drug-likeness (QED) is 0.531. The fraction of sp³-hybridized carbons (Fsp3) is 0.500. The minimum absolute atomic E-state index is 0.191. The second kappa shape index (κ2) is 9.39. The summed E-state index contributed by atoms with van der Waals surface area (Å²) >= 11 is 1.41. The minimum Gasteiger partial charge on any atom is -0.339 e. The van der Waals surface area contributed by atoms with Gasteiger partial charge in [0.1, 0.15) is 0 Å². The van der Waals surface area contributed by atoms with Crippen LogP contribution in [0.25, 0.3) is 5.78 Å². The van der Waals surface area contributed by atoms with E-state index in [2.05, 4.69) is 60.0 Å². The number of hydrogen-bond acceptors (Lipinski definition) is 5. The van der Waals surface area contributed by atoms with Gasteiger partial charge in [0.2, 0.25) is 11.1 Å². The topological polar surface area (TPSA) is 63.4 Å². The standard InChI is InChI=1S/C24H31N5OS/c1-5-20-12-8-9-13-28(20)22(30)15-31-24-26-23-25-17(3)21(18(4)29(23)27-24)14-19-11-7-6-10-16(19)2/h6-7,10-11,20H,5,8-9,12-15H2,1-4H3/t20-/m1/s1. The van der Waals surface area contributed by atoms with Crippen molar-refractivity contribution in [2.75, 3.05) is 12.3 Å². The van der Waals surface area contributed by atoms with Gasteiger partial charge < -0.3 is 4.90 Å². The monoisotopic (exact) mass is 437 g/mol. The Morgan fingerprint density at radius 2 is 1.97 bits per heavy atom. The van der Waals surface area contributed by atoms with Crippen molar-refractivity contribution in [3.63, 3.8) is 0 Å². The molecule has 4 rings (SSSR count). The van der Waals surface area contributed by atoms with Gasteiger partial charge in [-0.05, 0) is 63.1 Å². The summed E-state index contributed by atoms with van der Waals surface area (Å²) in [6, 6.07) is 8.82. The molecule has 0 aliphatic carbocycles. The van der Waals surface area contributed by atoms with Crippen molar-refractivity contribution < 1.29 is 4.79 Å². The van der Waals surface area contributed by atoms with Gasteiger partial charge in [0.25, 0.3) is 5.78 Å². The molecular weight excluding hydrogens is 406 g/mol. The Kier molecular flexibility index (Phi) is 6.60. The van der Waals surface area contributed by atoms with Crippen molar-refractivity contribution in [1.82, 2.24) is 24.5 Å². The lowest BCUT2D eigenvalue weighted by molar-refractivity contribution is -0.132. The van der Waals surface area contributed by atoms with Crippen LogP contribution in [0.3, 0.4) is 0 Å². The van der Waals surface area contributed by atoms with E-state index < -0.39 is 0 Å². The van der Waals surface area contributed by atoms with Gasteiger partial charge in [0.15, 0.2) is 0 Å². The van der Waals surface area contributed by atoms with Crippen molar-refractivity contribution in [2.24, 2.45) is 0 Å². The van der Waals surface area contributed by atoms with Crippen molar-refractivity contribution in [1.29, 1.82) is 0 Å². The molecule has 7 heteroatoms. The van der Waals surface area contributed by atoms with Crippen molar-refractivity contribution in [2.45, 2.75) is 71.0 Å². The van der Waals surface area contributed by atoms with Crippen molar-refractivity contribution in [3.05, 3.63) is 52.3 Å². The van der Waals surface area contributed by atoms with Crippen LogP contribution in [0.5, 0.6) is 0 Å². The molecule has 0 radical (unpaired) electrons. The van der Waals surface area contributed by atoms with E-state index in [1.807, 2.05) is 11.4 Å². The van der Waals surface area contributed by atoms with Gasteiger partial charge in [-0.2, -0.15) is 4.98 Å². The average molecular weight is 438 g/mol. The highest BCUT2D eigenvalue weighted by Gasteiger charge is 2.25. The molecule has 1 aliphatic rings. The van der Waals surface area contributed by atoms with E-state index in [0.717, 1.165) is 43.6 Å². The molecule has 1 amide bonds. The van der Waals surface area contributed by atoms with Gasteiger partial charge in [-0.25, -0.2) is 9.50 Å². The number of likely N-dealkylation sites (tertiary alicyclic amines) is 1. The number of benzene rings is 1. The Labute approximate surface area is 188 Å². The van der Waals surface area contributed by atoms with Gasteiger partial charge in [0, 0.05) is 30.4 Å². The molecule has 6 nitrogen and oxygen atoms in total. The first kappa shape index (κ1) is 21.8. The largest absolute Gasteiger partial charge is 0.339 e. The molecule has 1 fully saturated rings. The number of thioether (sulfide) groups is 1. The average Bonchev–Trinajstić information content (AvgIpc) is 3.19. The number of hydrogen-bond donors (Lipinski definition) is 0. The molecule has 3 heterocycles. The molecule has 1 saturated heterocycles. The van der Waals surface area contributed by atoms with Crippen LogP contribution >= 0.6 is 11.8 Å². The van der Waals surface area contributed by atoms with Crippen LogP contribution in [0.2, 0.25) is 0 Å². The van der Waals surface area contributed by atoms with Gasteiger partial charge >= 0.3 is 0 Å². The normalized spacial score (nSPS) is 16.8. The summed E-state index contributed by atoms with van der Waals surface area (Å²) in [5.74, 6) is 1.17. The molecule has 1 atom stereocenters. The van der Waals surface area contributed by atoms with Crippen molar-refractivity contribution >= 4 is 23.4 Å². The first-order chi connectivity index (χ1) is 15.0. The maximum atomic E-state index is 12.8. The zero-order valence-electron chi connectivity index (χ0n) is 18.9. The lowest BCUT2D eigenvalue weighted by Crippen LogP contribution is -2.44. The van der Waals surface area contributed by atoms with E-state index in [-0.39, 0.29) is 5.91 Å². The van der Waals surface area contributed by atoms with E-state index >= 15 is 0 Å². The maximum Gasteiger partial charge on any atom is 0.253 e. The highest BCUT2D eigenvalue weighted by molar-refractivity contribution is 7.99. The second-order valence-corrected chi connectivity index (χ2v) is 9.35. The highest BCUT2D eigenvalue weighted by atomic mass is 32.2. The fourth-order valence-electron chi connectivity index (χ4n) is 4.47. The third kappa shape index (κ3) is 4.61. The molecule has 0 bridgehead atoms. The third-order valence-electron chi connectivity index (χ3n) is 6.40. The number of aromatic nitrogens is 4. The molecule has 0 N–H and O–H groups in total. The first-order valence-electron chi connectivity index (χ1n) is 11.2. The van der Waals surface area contributed by atoms with Gasteiger partial charge in [-0.1, -0.05) is 43.0 Å². The number of carbonyl (C=O) groups excluding carboxylic acids is 1. The summed E-state index contributed by atoms with van der Waals surface area (Å²) in [4.78, 5) is 24.1. The predicted octanol–water partition coefficient (Wildman–Crippen LogP) is 4.52. The van der Waals surface area contributed by atoms with Crippen LogP contribution in [0.1, 0.15) is 60.7 Å². The highest BCUT2D eigenvalue weighted by Crippen LogP contribution is 2.24. The van der Waals surface area contributed by atoms with Crippen LogP contribution in [0.15, 0.2) is 29.4 Å². The molecule has 0 saturated carbocycles. The minimum atomic E-state index is 0.191. The summed E-state index contributed by atoms with van der Waals surface area (Å²) in [6.07, 6.45) is 5.28. The molecular formula is C24H31N5OS. The number of nitrogens with zero attached hydrogens (tertiary/aromatic N) is 5. The zero-order chi connectivity index (χ0) is 22.0. The van der Waals surface area contributed by atoms with Crippen molar-refractivity contribution in [3.8, 4) is 0 Å². The summed E-state index contributed by atoms with van der Waals surface area (Å²) in [6.45, 7) is 9.28. The fourth-order valence-corrected chi connectivity index (χ4v) is 5.17. The van der Waals surface area contributed by atoms with E-state index in [1.165, 1.54) is 34.9 Å². The predicted molar refractivity (Wildman–Crippen MR) is 125 cm³/mol. The Hall–Kier alpha value is -2.41. The number of aryl methyl sites for hydroxylation is 3. The van der Waals surface area contributed by atoms with Gasteiger partial charge in [-0.3, -0.25) is 4.79 Å². The molecule has 1 aliphatic heterocycles. The molecule has 164 valence electrons. The third-order valence-corrected chi connectivity index (χ3v) is 7.22. The number of carbonyl (C=O) groups is 1. The van der Waals surface area contributed by atoms with Gasteiger partial charge in [-0.15, -0.1) is 5.10 Å². The summed E-state index contributed by atoms with van der Waals surface area (Å²) < 4.78 is 1.82. The van der Waals surface area contributed by atoms with Crippen LogP contribution in [0, 0.1) is 20.8 Å². The number of rotatable bonds is 6. The number of piperidine rings is 1. The van der Waals surface area contributed by atoms with Gasteiger partial charge in [0.05, 0.1) is 5.75 Å². The van der Waals surface area contributed by atoms with Crippen LogP contribution < -0.4 is 0 Å². The SMILES string of the molecule is CC[C@@H]1CCCCN1C(=O)CSc1nc2nc(C)c(Cc3ccccc3C)c(C)n2n1.